The van der Waals surface area contributed by atoms with Gasteiger partial charge in [0.1, 0.15) is 5.82 Å². The van der Waals surface area contributed by atoms with Crippen molar-refractivity contribution in [3.8, 4) is 0 Å². The maximum absolute atomic E-state index is 13.3. The van der Waals surface area contributed by atoms with E-state index in [1.54, 1.807) is 18.2 Å². The highest BCUT2D eigenvalue weighted by Crippen LogP contribution is 2.09. The van der Waals surface area contributed by atoms with Gasteiger partial charge in [0, 0.05) is 23.3 Å². The third-order valence-electron chi connectivity index (χ3n) is 3.00. The van der Waals surface area contributed by atoms with Crippen molar-refractivity contribution in [2.24, 2.45) is 0 Å². The van der Waals surface area contributed by atoms with Crippen LogP contribution in [-0.4, -0.2) is 12.6 Å². The van der Waals surface area contributed by atoms with Crippen LogP contribution in [0, 0.1) is 5.82 Å². The average Bonchev–Trinajstić information content (AvgIpc) is 2.51. The molecule has 0 saturated heterocycles. The summed E-state index contributed by atoms with van der Waals surface area (Å²) in [6.45, 7) is 0.501. The fraction of sp³-hybridized carbons (Fsp3) is 0.118. The van der Waals surface area contributed by atoms with Crippen molar-refractivity contribution in [2.45, 2.75) is 6.42 Å². The standard InChI is InChI=1S/C17H16ClFN2O/c18-15-7-5-13(6-8-15)9-11-20-17(22)21-12-10-14-3-1-2-4-16(14)19/h1-8,10,12H,9,11H2,(H2,20,21,22)/b12-10+. The molecular weight excluding hydrogens is 303 g/mol. The van der Waals surface area contributed by atoms with Gasteiger partial charge in [-0.3, -0.25) is 0 Å². The Morgan fingerprint density at radius 2 is 1.86 bits per heavy atom. The molecule has 3 nitrogen and oxygen atoms in total. The predicted molar refractivity (Wildman–Crippen MR) is 87.1 cm³/mol. The van der Waals surface area contributed by atoms with E-state index in [9.17, 15) is 9.18 Å². The summed E-state index contributed by atoms with van der Waals surface area (Å²) in [5, 5.41) is 5.94. The number of hydrogen-bond donors (Lipinski definition) is 2. The van der Waals surface area contributed by atoms with E-state index >= 15 is 0 Å². The van der Waals surface area contributed by atoms with Gasteiger partial charge < -0.3 is 10.6 Å². The fourth-order valence-corrected chi connectivity index (χ4v) is 1.97. The monoisotopic (exact) mass is 318 g/mol. The molecule has 2 aromatic carbocycles. The molecule has 114 valence electrons. The molecule has 2 amide bonds. The second-order valence-corrected chi connectivity index (χ2v) is 5.07. The first-order valence-corrected chi connectivity index (χ1v) is 7.23. The SMILES string of the molecule is O=C(N/C=C/c1ccccc1F)NCCc1ccc(Cl)cc1. The first-order chi connectivity index (χ1) is 10.6. The topological polar surface area (TPSA) is 41.1 Å². The number of halogens is 2. The Bertz CT molecular complexity index is 656. The van der Waals surface area contributed by atoms with Crippen LogP contribution in [0.4, 0.5) is 9.18 Å². The molecule has 0 atom stereocenters. The highest BCUT2D eigenvalue weighted by atomic mass is 35.5. The van der Waals surface area contributed by atoms with Crippen LogP contribution in [-0.2, 0) is 6.42 Å². The van der Waals surface area contributed by atoms with E-state index in [0.717, 1.165) is 5.56 Å². The van der Waals surface area contributed by atoms with Gasteiger partial charge in [-0.1, -0.05) is 41.9 Å². The summed E-state index contributed by atoms with van der Waals surface area (Å²) < 4.78 is 13.3. The zero-order chi connectivity index (χ0) is 15.8. The van der Waals surface area contributed by atoms with Gasteiger partial charge in [-0.2, -0.15) is 0 Å². The molecule has 2 N–H and O–H groups in total. The van der Waals surface area contributed by atoms with Crippen molar-refractivity contribution in [3.63, 3.8) is 0 Å². The number of carbonyl (C=O) groups is 1. The minimum Gasteiger partial charge on any atom is -0.338 e. The van der Waals surface area contributed by atoms with E-state index in [1.807, 2.05) is 24.3 Å². The minimum atomic E-state index is -0.332. The number of benzene rings is 2. The van der Waals surface area contributed by atoms with Gasteiger partial charge in [0.05, 0.1) is 0 Å². The molecule has 0 bridgehead atoms. The normalized spacial score (nSPS) is 10.6. The second kappa shape index (κ2) is 8.20. The Balaban J connectivity index is 1.72. The van der Waals surface area contributed by atoms with E-state index in [0.29, 0.717) is 23.6 Å². The predicted octanol–water partition coefficient (Wildman–Crippen LogP) is 3.99. The molecular formula is C17H16ClFN2O. The van der Waals surface area contributed by atoms with E-state index in [2.05, 4.69) is 10.6 Å². The van der Waals surface area contributed by atoms with Gasteiger partial charge in [0.2, 0.25) is 0 Å². The van der Waals surface area contributed by atoms with Crippen molar-refractivity contribution in [3.05, 3.63) is 76.7 Å². The van der Waals surface area contributed by atoms with Gasteiger partial charge in [0.15, 0.2) is 0 Å². The van der Waals surface area contributed by atoms with Crippen LogP contribution in [0.3, 0.4) is 0 Å². The molecule has 2 aromatic rings. The molecule has 22 heavy (non-hydrogen) atoms. The van der Waals surface area contributed by atoms with Gasteiger partial charge in [-0.15, -0.1) is 0 Å². The van der Waals surface area contributed by atoms with Crippen LogP contribution in [0.25, 0.3) is 6.08 Å². The number of urea groups is 1. The van der Waals surface area contributed by atoms with Gasteiger partial charge in [0.25, 0.3) is 0 Å². The molecule has 0 spiro atoms. The van der Waals surface area contributed by atoms with Crippen molar-refractivity contribution in [2.75, 3.05) is 6.54 Å². The molecule has 0 radical (unpaired) electrons. The molecule has 2 rings (SSSR count). The highest BCUT2D eigenvalue weighted by molar-refractivity contribution is 6.30. The van der Waals surface area contributed by atoms with E-state index in [1.165, 1.54) is 18.3 Å². The molecule has 0 aliphatic carbocycles. The molecule has 0 fully saturated rings. The molecule has 0 unspecified atom stereocenters. The number of rotatable bonds is 5. The zero-order valence-corrected chi connectivity index (χ0v) is 12.6. The first kappa shape index (κ1) is 16.0. The third kappa shape index (κ3) is 5.22. The second-order valence-electron chi connectivity index (χ2n) is 4.63. The number of carbonyl (C=O) groups excluding carboxylic acids is 1. The van der Waals surface area contributed by atoms with Gasteiger partial charge >= 0.3 is 6.03 Å². The van der Waals surface area contributed by atoms with Crippen LogP contribution in [0.1, 0.15) is 11.1 Å². The zero-order valence-electron chi connectivity index (χ0n) is 11.9. The maximum Gasteiger partial charge on any atom is 0.318 e. The summed E-state index contributed by atoms with van der Waals surface area (Å²) in [6, 6.07) is 13.5. The van der Waals surface area contributed by atoms with E-state index < -0.39 is 0 Å². The van der Waals surface area contributed by atoms with Crippen LogP contribution >= 0.6 is 11.6 Å². The van der Waals surface area contributed by atoms with Crippen LogP contribution in [0.15, 0.2) is 54.7 Å². The van der Waals surface area contributed by atoms with Crippen molar-refractivity contribution < 1.29 is 9.18 Å². The van der Waals surface area contributed by atoms with Crippen molar-refractivity contribution >= 4 is 23.7 Å². The summed E-state index contributed by atoms with van der Waals surface area (Å²) in [4.78, 5) is 11.6. The summed E-state index contributed by atoms with van der Waals surface area (Å²) in [5.41, 5.74) is 1.51. The number of amides is 2. The lowest BCUT2D eigenvalue weighted by molar-refractivity contribution is 0.244. The third-order valence-corrected chi connectivity index (χ3v) is 3.25. The number of hydrogen-bond acceptors (Lipinski definition) is 1. The summed E-state index contributed by atoms with van der Waals surface area (Å²) >= 11 is 5.80. The van der Waals surface area contributed by atoms with E-state index in [4.69, 9.17) is 11.6 Å². The van der Waals surface area contributed by atoms with Crippen molar-refractivity contribution in [1.29, 1.82) is 0 Å². The lowest BCUT2D eigenvalue weighted by Gasteiger charge is -2.05. The molecule has 0 aliphatic rings. The molecule has 0 heterocycles. The minimum absolute atomic E-state index is 0.330. The van der Waals surface area contributed by atoms with Crippen LogP contribution in [0.5, 0.6) is 0 Å². The quantitative estimate of drug-likeness (QED) is 0.860. The summed E-state index contributed by atoms with van der Waals surface area (Å²) in [6.07, 6.45) is 3.63. The highest BCUT2D eigenvalue weighted by Gasteiger charge is 1.99. The van der Waals surface area contributed by atoms with Gasteiger partial charge in [-0.05, 0) is 36.3 Å². The Kier molecular flexibility index (Phi) is 5.98. The summed E-state index contributed by atoms with van der Waals surface area (Å²) in [5.74, 6) is -0.330. The fourth-order valence-electron chi connectivity index (χ4n) is 1.84. The average molecular weight is 319 g/mol. The molecule has 0 saturated carbocycles. The molecule has 0 aliphatic heterocycles. The lowest BCUT2D eigenvalue weighted by Crippen LogP contribution is -2.33. The maximum atomic E-state index is 13.3. The Morgan fingerprint density at radius 3 is 2.59 bits per heavy atom. The first-order valence-electron chi connectivity index (χ1n) is 6.85. The Hall–Kier alpha value is -2.33. The van der Waals surface area contributed by atoms with Crippen LogP contribution < -0.4 is 10.6 Å². The lowest BCUT2D eigenvalue weighted by atomic mass is 10.1. The molecule has 0 aromatic heterocycles. The largest absolute Gasteiger partial charge is 0.338 e. The van der Waals surface area contributed by atoms with E-state index in [-0.39, 0.29) is 11.8 Å². The molecule has 5 heteroatoms. The number of nitrogens with one attached hydrogen (secondary N) is 2. The van der Waals surface area contributed by atoms with Gasteiger partial charge in [-0.25, -0.2) is 9.18 Å². The Morgan fingerprint density at radius 1 is 1.14 bits per heavy atom. The van der Waals surface area contributed by atoms with Crippen molar-refractivity contribution in [1.82, 2.24) is 10.6 Å². The smallest absolute Gasteiger partial charge is 0.318 e. The summed E-state index contributed by atoms with van der Waals surface area (Å²) in [7, 11) is 0. The van der Waals surface area contributed by atoms with Crippen LogP contribution in [0.2, 0.25) is 5.02 Å². The Labute approximate surface area is 133 Å².